The Morgan fingerprint density at radius 2 is 1.81 bits per heavy atom. The maximum absolute atomic E-state index is 13.9. The van der Waals surface area contributed by atoms with Crippen molar-refractivity contribution in [2.75, 3.05) is 11.9 Å². The van der Waals surface area contributed by atoms with Crippen molar-refractivity contribution in [2.45, 2.75) is 58.8 Å². The average molecular weight is 481 g/mol. The first-order valence-electron chi connectivity index (χ1n) is 13.9. The molecule has 0 bridgehead atoms. The van der Waals surface area contributed by atoms with E-state index in [2.05, 4.69) is 66.9 Å². The van der Waals surface area contributed by atoms with Crippen LogP contribution in [-0.2, 0) is 16.0 Å². The molecule has 1 aliphatic heterocycles. The highest BCUT2D eigenvalue weighted by Gasteiger charge is 2.60. The molecule has 0 aromatic heterocycles. The number of amides is 1. The summed E-state index contributed by atoms with van der Waals surface area (Å²) in [7, 11) is 0. The molecule has 4 aliphatic carbocycles. The Bertz CT molecular complexity index is 1310. The lowest BCUT2D eigenvalue weighted by Gasteiger charge is -2.58. The lowest BCUT2D eigenvalue weighted by atomic mass is 9.50. The van der Waals surface area contributed by atoms with E-state index in [4.69, 9.17) is 0 Å². The van der Waals surface area contributed by atoms with Gasteiger partial charge in [-0.2, -0.15) is 0 Å². The molecule has 5 aliphatic rings. The topological polar surface area (TPSA) is 58.2 Å². The summed E-state index contributed by atoms with van der Waals surface area (Å²) in [5.74, 6) is 2.27. The van der Waals surface area contributed by atoms with Crippen LogP contribution in [0.1, 0.15) is 63.5 Å². The van der Waals surface area contributed by atoms with Gasteiger partial charge in [0.05, 0.1) is 0 Å². The maximum Gasteiger partial charge on any atom is 0.228 e. The molecule has 0 spiro atoms. The van der Waals surface area contributed by atoms with Crippen molar-refractivity contribution in [2.24, 2.45) is 34.5 Å². The second kappa shape index (κ2) is 7.81. The fourth-order valence-corrected chi connectivity index (χ4v) is 9.07. The minimum atomic E-state index is 0.0376. The third-order valence-corrected chi connectivity index (χ3v) is 11.0. The van der Waals surface area contributed by atoms with Gasteiger partial charge in [0, 0.05) is 48.2 Å². The molecule has 2 aromatic carbocycles. The largest absolute Gasteiger partial charge is 0.387 e. The minimum absolute atomic E-state index is 0.0376. The number of fused-ring (bicyclic) bond motifs is 8. The average Bonchev–Trinajstić information content (AvgIpc) is 3.43. The molecular weight excluding hydrogens is 444 g/mol. The fourth-order valence-electron chi connectivity index (χ4n) is 9.07. The van der Waals surface area contributed by atoms with Gasteiger partial charge >= 0.3 is 0 Å². The van der Waals surface area contributed by atoms with Gasteiger partial charge in [-0.3, -0.25) is 9.59 Å². The number of piperidine rings is 1. The van der Waals surface area contributed by atoms with Crippen LogP contribution in [0.2, 0.25) is 0 Å². The summed E-state index contributed by atoms with van der Waals surface area (Å²) < 4.78 is 0. The second-order valence-electron chi connectivity index (χ2n) is 12.5. The smallest absolute Gasteiger partial charge is 0.228 e. The summed E-state index contributed by atoms with van der Waals surface area (Å²) >= 11 is 0. The third-order valence-electron chi connectivity index (χ3n) is 11.0. The SMILES string of the molecule is C[C@]12CC[C@H]3[C@@H](CNC4=CC(=O)CC[C@@]43C)[C@@H]1CC[C@@H]2C(=O)Nc1cccc2c1Cc1ccccc1-2. The van der Waals surface area contributed by atoms with E-state index in [0.717, 1.165) is 50.8 Å². The number of benzene rings is 2. The molecule has 2 aromatic rings. The minimum Gasteiger partial charge on any atom is -0.387 e. The van der Waals surface area contributed by atoms with E-state index in [1.807, 2.05) is 6.08 Å². The predicted octanol–water partition coefficient (Wildman–Crippen LogP) is 6.11. The number of anilines is 1. The van der Waals surface area contributed by atoms with Gasteiger partial charge in [-0.25, -0.2) is 0 Å². The van der Waals surface area contributed by atoms with Crippen LogP contribution in [0.3, 0.4) is 0 Å². The van der Waals surface area contributed by atoms with Crippen molar-refractivity contribution >= 4 is 17.4 Å². The van der Waals surface area contributed by atoms with Crippen molar-refractivity contribution < 1.29 is 9.59 Å². The van der Waals surface area contributed by atoms with E-state index in [1.54, 1.807) is 0 Å². The molecule has 0 radical (unpaired) electrons. The summed E-state index contributed by atoms with van der Waals surface area (Å²) in [5.41, 5.74) is 7.44. The molecule has 3 fully saturated rings. The Labute approximate surface area is 213 Å². The Hall–Kier alpha value is -2.88. The molecule has 0 unspecified atom stereocenters. The highest BCUT2D eigenvalue weighted by atomic mass is 16.2. The van der Waals surface area contributed by atoms with Crippen molar-refractivity contribution in [1.29, 1.82) is 0 Å². The van der Waals surface area contributed by atoms with E-state index in [1.165, 1.54) is 28.0 Å². The molecule has 1 saturated heterocycles. The summed E-state index contributed by atoms with van der Waals surface area (Å²) in [6, 6.07) is 14.9. The van der Waals surface area contributed by atoms with Gasteiger partial charge in [0.15, 0.2) is 5.78 Å². The van der Waals surface area contributed by atoms with Crippen molar-refractivity contribution in [1.82, 2.24) is 5.32 Å². The molecule has 6 atom stereocenters. The first-order valence-corrected chi connectivity index (χ1v) is 13.9. The molecule has 1 amide bonds. The number of rotatable bonds is 2. The van der Waals surface area contributed by atoms with Crippen LogP contribution < -0.4 is 10.6 Å². The van der Waals surface area contributed by atoms with Crippen LogP contribution in [0.15, 0.2) is 54.2 Å². The van der Waals surface area contributed by atoms with E-state index >= 15 is 0 Å². The summed E-state index contributed by atoms with van der Waals surface area (Å²) in [5, 5.41) is 7.09. The summed E-state index contributed by atoms with van der Waals surface area (Å²) in [4.78, 5) is 26.0. The number of ketones is 1. The number of allylic oxidation sites excluding steroid dienone is 2. The van der Waals surface area contributed by atoms with Gasteiger partial charge < -0.3 is 10.6 Å². The van der Waals surface area contributed by atoms with Gasteiger partial charge in [0.1, 0.15) is 0 Å². The normalized spacial score (nSPS) is 35.9. The van der Waals surface area contributed by atoms with E-state index in [-0.39, 0.29) is 28.4 Å². The number of hydrogen-bond donors (Lipinski definition) is 2. The Morgan fingerprint density at radius 3 is 2.69 bits per heavy atom. The third kappa shape index (κ3) is 3.06. The molecule has 4 heteroatoms. The Balaban J connectivity index is 1.13. The Kier molecular flexibility index (Phi) is 4.84. The van der Waals surface area contributed by atoms with Gasteiger partial charge in [-0.15, -0.1) is 0 Å². The number of nitrogens with one attached hydrogen (secondary N) is 2. The van der Waals surface area contributed by atoms with E-state index in [0.29, 0.717) is 24.2 Å². The lowest BCUT2D eigenvalue weighted by molar-refractivity contribution is -0.127. The summed E-state index contributed by atoms with van der Waals surface area (Å²) in [6.45, 7) is 5.72. The summed E-state index contributed by atoms with van der Waals surface area (Å²) in [6.07, 6.45) is 8.76. The highest BCUT2D eigenvalue weighted by molar-refractivity contribution is 5.96. The van der Waals surface area contributed by atoms with Crippen LogP contribution in [0.25, 0.3) is 11.1 Å². The van der Waals surface area contributed by atoms with Gasteiger partial charge in [0.2, 0.25) is 5.91 Å². The number of carbonyl (C=O) groups excluding carboxylic acids is 2. The lowest BCUT2D eigenvalue weighted by Crippen LogP contribution is -2.57. The molecule has 2 saturated carbocycles. The van der Waals surface area contributed by atoms with Crippen molar-refractivity contribution in [3.8, 4) is 11.1 Å². The van der Waals surface area contributed by atoms with Crippen LogP contribution >= 0.6 is 0 Å². The molecule has 186 valence electrons. The van der Waals surface area contributed by atoms with E-state index < -0.39 is 0 Å². The molecular formula is C32H36N2O2. The number of carbonyl (C=O) groups is 2. The van der Waals surface area contributed by atoms with Crippen LogP contribution in [-0.4, -0.2) is 18.2 Å². The Morgan fingerprint density at radius 1 is 0.972 bits per heavy atom. The van der Waals surface area contributed by atoms with Crippen LogP contribution in [0.5, 0.6) is 0 Å². The van der Waals surface area contributed by atoms with Crippen LogP contribution in [0.4, 0.5) is 5.69 Å². The monoisotopic (exact) mass is 480 g/mol. The zero-order chi connectivity index (χ0) is 24.7. The molecule has 1 heterocycles. The molecule has 7 rings (SSSR count). The molecule has 36 heavy (non-hydrogen) atoms. The van der Waals surface area contributed by atoms with Crippen LogP contribution in [0, 0.1) is 34.5 Å². The zero-order valence-corrected chi connectivity index (χ0v) is 21.4. The predicted molar refractivity (Wildman–Crippen MR) is 142 cm³/mol. The van der Waals surface area contributed by atoms with Crippen molar-refractivity contribution in [3.63, 3.8) is 0 Å². The maximum atomic E-state index is 13.9. The van der Waals surface area contributed by atoms with Gasteiger partial charge in [-0.05, 0) is 83.6 Å². The first-order chi connectivity index (χ1) is 17.4. The highest BCUT2D eigenvalue weighted by Crippen LogP contribution is 2.64. The van der Waals surface area contributed by atoms with Gasteiger partial charge in [-0.1, -0.05) is 50.2 Å². The first kappa shape index (κ1) is 22.3. The quantitative estimate of drug-likeness (QED) is 0.465. The fraction of sp³-hybridized carbons (Fsp3) is 0.500. The van der Waals surface area contributed by atoms with Crippen molar-refractivity contribution in [3.05, 3.63) is 65.4 Å². The molecule has 2 N–H and O–H groups in total. The number of hydrogen-bond acceptors (Lipinski definition) is 3. The zero-order valence-electron chi connectivity index (χ0n) is 21.4. The van der Waals surface area contributed by atoms with Gasteiger partial charge in [0.25, 0.3) is 0 Å². The second-order valence-corrected chi connectivity index (χ2v) is 12.5. The van der Waals surface area contributed by atoms with E-state index in [9.17, 15) is 9.59 Å². The molecule has 4 nitrogen and oxygen atoms in total. The standard InChI is InChI=1S/C32H36N2O2/c1-31-15-13-26-24(18-33-29-17-20(35)12-14-32(26,29)2)25(31)10-11-27(31)30(36)34-28-9-5-8-22-21-7-4-3-6-19(21)16-23(22)28/h3-9,17,24-27,33H,10-16,18H2,1-2H3,(H,34,36)/t24-,25-,26-,27+,31-,32+/m0/s1.